The van der Waals surface area contributed by atoms with E-state index in [0.29, 0.717) is 0 Å². The molecule has 0 amide bonds. The van der Waals surface area contributed by atoms with Gasteiger partial charge in [0.05, 0.1) is 0 Å². The minimum atomic E-state index is -1.65. The van der Waals surface area contributed by atoms with E-state index in [1.165, 1.54) is 10.8 Å². The molecule has 1 rings (SSSR count). The highest BCUT2D eigenvalue weighted by molar-refractivity contribution is 14.1. The summed E-state index contributed by atoms with van der Waals surface area (Å²) in [7, 11) is -1.65. The monoisotopic (exact) mass is 336 g/mol. The average molecular weight is 336 g/mol. The van der Waals surface area contributed by atoms with E-state index in [4.69, 9.17) is 8.85 Å². The molecule has 15 heavy (non-hydrogen) atoms. The summed E-state index contributed by atoms with van der Waals surface area (Å²) in [4.78, 5) is 0. The van der Waals surface area contributed by atoms with Crippen LogP contribution in [-0.4, -0.2) is 22.5 Å². The van der Waals surface area contributed by atoms with Crippen LogP contribution in [-0.2, 0) is 13.3 Å². The van der Waals surface area contributed by atoms with Crippen molar-refractivity contribution in [3.8, 4) is 0 Å². The first-order valence-electron chi connectivity index (χ1n) is 5.20. The van der Waals surface area contributed by atoms with E-state index in [0.717, 1.165) is 17.6 Å². The average Bonchev–Trinajstić information content (AvgIpc) is 2.29. The maximum Gasteiger partial charge on any atom is 0.356 e. The number of hydrogen-bond acceptors (Lipinski definition) is 2. The maximum atomic E-state index is 5.72. The topological polar surface area (TPSA) is 18.5 Å². The first-order chi connectivity index (χ1) is 7.33. The molecular weight excluding hydrogens is 319 g/mol. The molecule has 0 aliphatic rings. The molecule has 0 saturated heterocycles. The molecule has 0 spiro atoms. The Balaban J connectivity index is 2.88. The lowest BCUT2D eigenvalue weighted by molar-refractivity contribution is 0.225. The summed E-state index contributed by atoms with van der Waals surface area (Å²) in [6, 6.07) is 8.42. The lowest BCUT2D eigenvalue weighted by Crippen LogP contribution is -2.39. The molecule has 0 bridgehead atoms. The summed E-state index contributed by atoms with van der Waals surface area (Å²) >= 11 is 2.38. The van der Waals surface area contributed by atoms with Crippen molar-refractivity contribution in [3.05, 3.63) is 29.8 Å². The maximum absolute atomic E-state index is 5.72. The largest absolute Gasteiger partial charge is 0.394 e. The second kappa shape index (κ2) is 7.37. The molecule has 0 unspecified atom stereocenters. The van der Waals surface area contributed by atoms with Gasteiger partial charge >= 0.3 is 9.28 Å². The molecule has 0 atom stereocenters. The molecule has 1 aromatic rings. The van der Waals surface area contributed by atoms with Crippen molar-refractivity contribution in [2.24, 2.45) is 0 Å². The van der Waals surface area contributed by atoms with E-state index in [1.54, 1.807) is 0 Å². The van der Waals surface area contributed by atoms with E-state index in [2.05, 4.69) is 46.9 Å². The van der Waals surface area contributed by atoms with Crippen LogP contribution in [0.15, 0.2) is 24.3 Å². The predicted molar refractivity (Wildman–Crippen MR) is 74.2 cm³/mol. The number of halogens is 1. The van der Waals surface area contributed by atoms with Crippen molar-refractivity contribution in [1.82, 2.24) is 0 Å². The van der Waals surface area contributed by atoms with Crippen molar-refractivity contribution < 1.29 is 8.85 Å². The molecule has 0 N–H and O–H groups in total. The van der Waals surface area contributed by atoms with Gasteiger partial charge in [-0.05, 0) is 24.6 Å². The standard InChI is InChI=1S/C11H17IO2Si/c1-3-13-15(14-4-2)11-8-6-5-7-10(11)9-12/h5-8,15H,3-4,9H2,1-2H3. The first-order valence-corrected chi connectivity index (χ1v) is 8.25. The summed E-state index contributed by atoms with van der Waals surface area (Å²) in [5, 5.41) is 1.29. The zero-order valence-corrected chi connectivity index (χ0v) is 12.5. The first kappa shape index (κ1) is 13.2. The van der Waals surface area contributed by atoms with Crippen molar-refractivity contribution >= 4 is 37.1 Å². The molecule has 0 saturated carbocycles. The quantitative estimate of drug-likeness (QED) is 0.450. The predicted octanol–water partition coefficient (Wildman–Crippen LogP) is 2.12. The van der Waals surface area contributed by atoms with Crippen molar-refractivity contribution in [2.45, 2.75) is 18.3 Å². The summed E-state index contributed by atoms with van der Waals surface area (Å²) in [6.45, 7) is 5.50. The van der Waals surface area contributed by atoms with Gasteiger partial charge in [0, 0.05) is 17.6 Å². The van der Waals surface area contributed by atoms with Crippen LogP contribution in [0.2, 0.25) is 0 Å². The van der Waals surface area contributed by atoms with Crippen molar-refractivity contribution in [3.63, 3.8) is 0 Å². The summed E-state index contributed by atoms with van der Waals surface area (Å²) in [5.41, 5.74) is 1.34. The van der Waals surface area contributed by atoms with Gasteiger partial charge in [-0.1, -0.05) is 46.9 Å². The summed E-state index contributed by atoms with van der Waals surface area (Å²) in [5.74, 6) is 0. The highest BCUT2D eigenvalue weighted by Gasteiger charge is 2.18. The molecule has 0 aliphatic heterocycles. The Bertz CT molecular complexity index is 288. The zero-order chi connectivity index (χ0) is 11.1. The lowest BCUT2D eigenvalue weighted by Gasteiger charge is -2.17. The van der Waals surface area contributed by atoms with Gasteiger partial charge in [-0.25, -0.2) is 0 Å². The molecule has 2 nitrogen and oxygen atoms in total. The van der Waals surface area contributed by atoms with Crippen molar-refractivity contribution in [1.29, 1.82) is 0 Å². The van der Waals surface area contributed by atoms with Gasteiger partial charge in [0.15, 0.2) is 0 Å². The second-order valence-corrected chi connectivity index (χ2v) is 5.79. The van der Waals surface area contributed by atoms with Gasteiger partial charge in [0.2, 0.25) is 0 Å². The fourth-order valence-electron chi connectivity index (χ4n) is 1.42. The van der Waals surface area contributed by atoms with Crippen molar-refractivity contribution in [2.75, 3.05) is 13.2 Å². The smallest absolute Gasteiger partial charge is 0.356 e. The van der Waals surface area contributed by atoms with Gasteiger partial charge in [0.25, 0.3) is 0 Å². The highest BCUT2D eigenvalue weighted by atomic mass is 127. The third kappa shape index (κ3) is 3.86. The van der Waals surface area contributed by atoms with E-state index in [-0.39, 0.29) is 0 Å². The molecular formula is C11H17IO2Si. The van der Waals surface area contributed by atoms with Gasteiger partial charge in [0.1, 0.15) is 0 Å². The van der Waals surface area contributed by atoms with Crippen LogP contribution in [0, 0.1) is 0 Å². The van der Waals surface area contributed by atoms with E-state index in [1.807, 2.05) is 13.8 Å². The molecule has 1 aromatic carbocycles. The number of hydrogen-bond donors (Lipinski definition) is 0. The Labute approximate surface area is 107 Å². The number of alkyl halides is 1. The Morgan fingerprint density at radius 3 is 2.27 bits per heavy atom. The van der Waals surface area contributed by atoms with Crippen LogP contribution in [0.25, 0.3) is 0 Å². The molecule has 84 valence electrons. The minimum Gasteiger partial charge on any atom is -0.394 e. The Hall–Kier alpha value is 0.0869. The van der Waals surface area contributed by atoms with Crippen LogP contribution in [0.5, 0.6) is 0 Å². The van der Waals surface area contributed by atoms with Crippen LogP contribution in [0.4, 0.5) is 0 Å². The molecule has 0 aromatic heterocycles. The Morgan fingerprint density at radius 2 is 1.73 bits per heavy atom. The molecule has 4 heteroatoms. The van der Waals surface area contributed by atoms with E-state index in [9.17, 15) is 0 Å². The minimum absolute atomic E-state index is 0.729. The Kier molecular flexibility index (Phi) is 6.47. The molecule has 0 fully saturated rings. The fourth-order valence-corrected chi connectivity index (χ4v) is 4.36. The van der Waals surface area contributed by atoms with Gasteiger partial charge in [-0.2, -0.15) is 0 Å². The zero-order valence-electron chi connectivity index (χ0n) is 9.20. The number of rotatable bonds is 6. The lowest BCUT2D eigenvalue weighted by atomic mass is 10.2. The SMILES string of the molecule is CCO[SiH](OCC)c1ccccc1CI. The third-order valence-corrected chi connectivity index (χ3v) is 5.25. The fraction of sp³-hybridized carbons (Fsp3) is 0.455. The summed E-state index contributed by atoms with van der Waals surface area (Å²) in [6.07, 6.45) is 0. The molecule has 0 radical (unpaired) electrons. The van der Waals surface area contributed by atoms with Gasteiger partial charge < -0.3 is 8.85 Å². The third-order valence-electron chi connectivity index (χ3n) is 2.09. The molecule has 0 heterocycles. The second-order valence-electron chi connectivity index (χ2n) is 3.08. The van der Waals surface area contributed by atoms with Crippen LogP contribution < -0.4 is 5.19 Å². The van der Waals surface area contributed by atoms with E-state index < -0.39 is 9.28 Å². The molecule has 0 aliphatic carbocycles. The van der Waals surface area contributed by atoms with Crippen LogP contribution in [0.3, 0.4) is 0 Å². The van der Waals surface area contributed by atoms with Crippen LogP contribution in [0.1, 0.15) is 19.4 Å². The van der Waals surface area contributed by atoms with Crippen LogP contribution >= 0.6 is 22.6 Å². The number of benzene rings is 1. The summed E-state index contributed by atoms with van der Waals surface area (Å²) < 4.78 is 12.5. The highest BCUT2D eigenvalue weighted by Crippen LogP contribution is 2.05. The van der Waals surface area contributed by atoms with E-state index >= 15 is 0 Å². The van der Waals surface area contributed by atoms with Gasteiger partial charge in [-0.15, -0.1) is 0 Å². The van der Waals surface area contributed by atoms with Gasteiger partial charge in [-0.3, -0.25) is 0 Å². The Morgan fingerprint density at radius 1 is 1.13 bits per heavy atom. The normalized spacial score (nSPS) is 10.9.